The third-order valence-electron chi connectivity index (χ3n) is 2.23. The zero-order valence-electron chi connectivity index (χ0n) is 10.8. The fraction of sp³-hybridized carbons (Fsp3) is 0.727. The molecule has 6 nitrogen and oxygen atoms in total. The van der Waals surface area contributed by atoms with Crippen molar-refractivity contribution in [3.8, 4) is 0 Å². The summed E-state index contributed by atoms with van der Waals surface area (Å²) in [5, 5.41) is 0. The van der Waals surface area contributed by atoms with Crippen LogP contribution in [0, 0.1) is 0 Å². The number of thioether (sulfide) groups is 1. The molecule has 0 aromatic heterocycles. The van der Waals surface area contributed by atoms with Gasteiger partial charge in [0.2, 0.25) is 11.8 Å². The standard InChI is InChI=1S/C11H20N2O4S/c1-13(6-3-4-11(16)17-2)10(15)5-7-18-8-9(12)14/h3-8H2,1-2H3,(H2,12,14). The summed E-state index contributed by atoms with van der Waals surface area (Å²) in [7, 11) is 3.03. The van der Waals surface area contributed by atoms with Crippen LogP contribution < -0.4 is 5.73 Å². The van der Waals surface area contributed by atoms with Gasteiger partial charge in [0.1, 0.15) is 0 Å². The largest absolute Gasteiger partial charge is 0.469 e. The van der Waals surface area contributed by atoms with Crippen molar-refractivity contribution in [1.82, 2.24) is 4.90 Å². The van der Waals surface area contributed by atoms with E-state index >= 15 is 0 Å². The lowest BCUT2D eigenvalue weighted by Crippen LogP contribution is -2.28. The van der Waals surface area contributed by atoms with Crippen LogP contribution in [-0.2, 0) is 19.1 Å². The van der Waals surface area contributed by atoms with Gasteiger partial charge in [-0.1, -0.05) is 0 Å². The van der Waals surface area contributed by atoms with Gasteiger partial charge in [0, 0.05) is 32.2 Å². The molecule has 2 N–H and O–H groups in total. The first-order valence-corrected chi connectivity index (χ1v) is 6.79. The molecular formula is C11H20N2O4S. The average molecular weight is 276 g/mol. The second-order valence-corrected chi connectivity index (χ2v) is 4.87. The number of nitrogens with zero attached hydrogens (tertiary/aromatic N) is 1. The number of carbonyl (C=O) groups is 3. The van der Waals surface area contributed by atoms with Crippen molar-refractivity contribution in [2.75, 3.05) is 32.2 Å². The number of ether oxygens (including phenoxy) is 1. The van der Waals surface area contributed by atoms with E-state index in [9.17, 15) is 14.4 Å². The Bertz CT molecular complexity index is 297. The van der Waals surface area contributed by atoms with Crippen LogP contribution in [0.25, 0.3) is 0 Å². The van der Waals surface area contributed by atoms with Crippen molar-refractivity contribution < 1.29 is 19.1 Å². The molecular weight excluding hydrogens is 256 g/mol. The van der Waals surface area contributed by atoms with E-state index in [-0.39, 0.29) is 23.5 Å². The fourth-order valence-electron chi connectivity index (χ4n) is 1.21. The van der Waals surface area contributed by atoms with E-state index in [1.54, 1.807) is 11.9 Å². The predicted octanol–water partition coefficient (Wildman–Crippen LogP) is 0.00660. The Morgan fingerprint density at radius 3 is 2.50 bits per heavy atom. The normalized spacial score (nSPS) is 9.89. The fourth-order valence-corrected chi connectivity index (χ4v) is 1.87. The Balaban J connectivity index is 3.63. The molecule has 18 heavy (non-hydrogen) atoms. The molecule has 0 radical (unpaired) electrons. The number of primary amides is 1. The monoisotopic (exact) mass is 276 g/mol. The van der Waals surface area contributed by atoms with Gasteiger partial charge in [0.15, 0.2) is 0 Å². The molecule has 104 valence electrons. The van der Waals surface area contributed by atoms with Crippen molar-refractivity contribution in [2.45, 2.75) is 19.3 Å². The molecule has 0 saturated heterocycles. The number of amides is 2. The molecule has 0 aliphatic carbocycles. The van der Waals surface area contributed by atoms with Crippen LogP contribution in [0.4, 0.5) is 0 Å². The minimum Gasteiger partial charge on any atom is -0.469 e. The maximum absolute atomic E-state index is 11.6. The first-order valence-electron chi connectivity index (χ1n) is 5.64. The molecule has 2 amide bonds. The maximum Gasteiger partial charge on any atom is 0.305 e. The number of nitrogens with two attached hydrogens (primary N) is 1. The Morgan fingerprint density at radius 1 is 1.28 bits per heavy atom. The lowest BCUT2D eigenvalue weighted by atomic mass is 10.3. The van der Waals surface area contributed by atoms with E-state index < -0.39 is 0 Å². The third-order valence-corrected chi connectivity index (χ3v) is 3.21. The van der Waals surface area contributed by atoms with Gasteiger partial charge in [0.25, 0.3) is 0 Å². The quantitative estimate of drug-likeness (QED) is 0.473. The molecule has 0 spiro atoms. The smallest absolute Gasteiger partial charge is 0.305 e. The maximum atomic E-state index is 11.6. The highest BCUT2D eigenvalue weighted by molar-refractivity contribution is 7.99. The Morgan fingerprint density at radius 2 is 1.94 bits per heavy atom. The van der Waals surface area contributed by atoms with E-state index in [0.717, 1.165) is 0 Å². The zero-order valence-corrected chi connectivity index (χ0v) is 11.6. The first kappa shape index (κ1) is 16.8. The minimum atomic E-state index is -0.376. The van der Waals surface area contributed by atoms with Crippen molar-refractivity contribution in [2.24, 2.45) is 5.73 Å². The van der Waals surface area contributed by atoms with Gasteiger partial charge in [-0.25, -0.2) is 0 Å². The van der Waals surface area contributed by atoms with Crippen LogP contribution in [0.15, 0.2) is 0 Å². The summed E-state index contributed by atoms with van der Waals surface area (Å²) in [5.41, 5.74) is 4.98. The summed E-state index contributed by atoms with van der Waals surface area (Å²) in [6.07, 6.45) is 1.26. The molecule has 7 heteroatoms. The highest BCUT2D eigenvalue weighted by Gasteiger charge is 2.09. The van der Waals surface area contributed by atoms with E-state index in [4.69, 9.17) is 5.73 Å². The van der Waals surface area contributed by atoms with Gasteiger partial charge in [0.05, 0.1) is 12.9 Å². The number of hydrogen-bond donors (Lipinski definition) is 1. The molecule has 0 saturated carbocycles. The van der Waals surface area contributed by atoms with Crippen molar-refractivity contribution >= 4 is 29.5 Å². The highest BCUT2D eigenvalue weighted by Crippen LogP contribution is 2.04. The molecule has 0 aliphatic rings. The summed E-state index contributed by atoms with van der Waals surface area (Å²) < 4.78 is 4.50. The second-order valence-electron chi connectivity index (χ2n) is 3.76. The number of carbonyl (C=O) groups excluding carboxylic acids is 3. The Hall–Kier alpha value is -1.24. The van der Waals surface area contributed by atoms with Crippen LogP contribution in [0.2, 0.25) is 0 Å². The summed E-state index contributed by atoms with van der Waals surface area (Å²) >= 11 is 1.34. The number of esters is 1. The highest BCUT2D eigenvalue weighted by atomic mass is 32.2. The van der Waals surface area contributed by atoms with Gasteiger partial charge < -0.3 is 15.4 Å². The average Bonchev–Trinajstić information content (AvgIpc) is 2.33. The topological polar surface area (TPSA) is 89.7 Å². The SMILES string of the molecule is COC(=O)CCCN(C)C(=O)CCSCC(N)=O. The van der Waals surface area contributed by atoms with Crippen LogP contribution in [0.1, 0.15) is 19.3 Å². The number of rotatable bonds is 9. The molecule has 0 rings (SSSR count). The van der Waals surface area contributed by atoms with E-state index in [0.29, 0.717) is 31.6 Å². The van der Waals surface area contributed by atoms with E-state index in [1.165, 1.54) is 18.9 Å². The number of methoxy groups -OCH3 is 1. The van der Waals surface area contributed by atoms with Gasteiger partial charge in [-0.2, -0.15) is 11.8 Å². The van der Waals surface area contributed by atoms with E-state index in [2.05, 4.69) is 4.74 Å². The Labute approximate surface area is 111 Å². The summed E-state index contributed by atoms with van der Waals surface area (Å²) in [6, 6.07) is 0. The molecule has 0 aromatic carbocycles. The molecule has 0 aliphatic heterocycles. The Kier molecular flexibility index (Phi) is 9.08. The van der Waals surface area contributed by atoms with Gasteiger partial charge in [-0.05, 0) is 6.42 Å². The third kappa shape index (κ3) is 8.86. The molecule has 0 heterocycles. The lowest BCUT2D eigenvalue weighted by molar-refractivity contribution is -0.141. The van der Waals surface area contributed by atoms with Gasteiger partial charge >= 0.3 is 5.97 Å². The van der Waals surface area contributed by atoms with Crippen LogP contribution in [0.3, 0.4) is 0 Å². The molecule has 0 unspecified atom stereocenters. The molecule has 0 bridgehead atoms. The van der Waals surface area contributed by atoms with Gasteiger partial charge in [-0.15, -0.1) is 0 Å². The summed E-state index contributed by atoms with van der Waals surface area (Å²) in [5.74, 6) is 0.159. The summed E-state index contributed by atoms with van der Waals surface area (Å²) in [4.78, 5) is 34.5. The zero-order chi connectivity index (χ0) is 14.0. The lowest BCUT2D eigenvalue weighted by Gasteiger charge is -2.16. The minimum absolute atomic E-state index is 0.00293. The van der Waals surface area contributed by atoms with Gasteiger partial charge in [-0.3, -0.25) is 14.4 Å². The van der Waals surface area contributed by atoms with Crippen LogP contribution in [-0.4, -0.2) is 54.9 Å². The second kappa shape index (κ2) is 9.76. The van der Waals surface area contributed by atoms with E-state index in [1.807, 2.05) is 0 Å². The molecule has 0 fully saturated rings. The van der Waals surface area contributed by atoms with Crippen LogP contribution >= 0.6 is 11.8 Å². The molecule has 0 atom stereocenters. The van der Waals surface area contributed by atoms with Crippen molar-refractivity contribution in [3.05, 3.63) is 0 Å². The van der Waals surface area contributed by atoms with Crippen molar-refractivity contribution in [3.63, 3.8) is 0 Å². The number of hydrogen-bond acceptors (Lipinski definition) is 5. The first-order chi connectivity index (χ1) is 8.47. The van der Waals surface area contributed by atoms with Crippen molar-refractivity contribution in [1.29, 1.82) is 0 Å². The van der Waals surface area contributed by atoms with Crippen LogP contribution in [0.5, 0.6) is 0 Å². The summed E-state index contributed by atoms with van der Waals surface area (Å²) in [6.45, 7) is 0.522. The molecule has 0 aromatic rings. The predicted molar refractivity (Wildman–Crippen MR) is 70.0 cm³/mol.